The summed E-state index contributed by atoms with van der Waals surface area (Å²) in [4.78, 5) is 0. The van der Waals surface area contributed by atoms with E-state index in [0.717, 1.165) is 36.7 Å². The van der Waals surface area contributed by atoms with Crippen molar-refractivity contribution in [1.82, 2.24) is 0 Å². The van der Waals surface area contributed by atoms with Gasteiger partial charge in [0, 0.05) is 0 Å². The summed E-state index contributed by atoms with van der Waals surface area (Å²) >= 11 is 0. The fourth-order valence-corrected chi connectivity index (χ4v) is 3.71. The molecule has 0 saturated heterocycles. The SMILES string of the molecule is C=CCCCC[C@H]1CC[C@H](CCc2ccc(C#N)c(F)c2)CC1. The molecule has 23 heavy (non-hydrogen) atoms. The average Bonchev–Trinajstić information content (AvgIpc) is 2.58. The van der Waals surface area contributed by atoms with Crippen LogP contribution in [0.1, 0.15) is 68.9 Å². The standard InChI is InChI=1S/C21H28FN/c1-2-3-4-5-6-17-7-9-18(10-8-17)11-12-19-13-14-20(16-23)21(22)15-19/h2,13-15,17-18H,1,3-12H2/t17-,18-. The molecule has 1 nitrogen and oxygen atoms in total. The third-order valence-corrected chi connectivity index (χ3v) is 5.23. The topological polar surface area (TPSA) is 23.8 Å². The van der Waals surface area contributed by atoms with Crippen LogP contribution in [0.15, 0.2) is 30.9 Å². The Balaban J connectivity index is 1.67. The van der Waals surface area contributed by atoms with Crippen molar-refractivity contribution in [2.75, 3.05) is 0 Å². The number of hydrogen-bond donors (Lipinski definition) is 0. The minimum Gasteiger partial charge on any atom is -0.206 e. The molecule has 0 atom stereocenters. The van der Waals surface area contributed by atoms with Crippen LogP contribution in [-0.2, 0) is 6.42 Å². The maximum atomic E-state index is 13.6. The fourth-order valence-electron chi connectivity index (χ4n) is 3.71. The van der Waals surface area contributed by atoms with Crippen LogP contribution in [0.25, 0.3) is 0 Å². The summed E-state index contributed by atoms with van der Waals surface area (Å²) in [6.45, 7) is 3.78. The first-order valence-electron chi connectivity index (χ1n) is 9.02. The Bertz CT molecular complexity index is 535. The van der Waals surface area contributed by atoms with Crippen molar-refractivity contribution in [1.29, 1.82) is 5.26 Å². The average molecular weight is 313 g/mol. The van der Waals surface area contributed by atoms with E-state index in [1.807, 2.05) is 18.2 Å². The Morgan fingerprint density at radius 1 is 1.13 bits per heavy atom. The van der Waals surface area contributed by atoms with Crippen LogP contribution in [-0.4, -0.2) is 0 Å². The Kier molecular flexibility index (Phi) is 7.33. The van der Waals surface area contributed by atoms with E-state index in [0.29, 0.717) is 0 Å². The van der Waals surface area contributed by atoms with Crippen molar-refractivity contribution in [3.8, 4) is 6.07 Å². The zero-order valence-electron chi connectivity index (χ0n) is 14.1. The summed E-state index contributed by atoms with van der Waals surface area (Å²) in [6.07, 6.45) is 14.6. The third-order valence-electron chi connectivity index (χ3n) is 5.23. The van der Waals surface area contributed by atoms with Gasteiger partial charge in [-0.1, -0.05) is 50.7 Å². The van der Waals surface area contributed by atoms with Crippen LogP contribution >= 0.6 is 0 Å². The summed E-state index contributed by atoms with van der Waals surface area (Å²) in [7, 11) is 0. The molecule has 0 heterocycles. The summed E-state index contributed by atoms with van der Waals surface area (Å²) in [5.74, 6) is 1.33. The van der Waals surface area contributed by atoms with Crippen molar-refractivity contribution in [2.24, 2.45) is 11.8 Å². The molecule has 2 rings (SSSR count). The highest BCUT2D eigenvalue weighted by atomic mass is 19.1. The van der Waals surface area contributed by atoms with Gasteiger partial charge in [-0.15, -0.1) is 6.58 Å². The minimum atomic E-state index is -0.381. The molecule has 1 aliphatic carbocycles. The summed E-state index contributed by atoms with van der Waals surface area (Å²) in [5.41, 5.74) is 1.17. The Labute approximate surface area is 140 Å². The number of benzene rings is 1. The van der Waals surface area contributed by atoms with Gasteiger partial charge < -0.3 is 0 Å². The van der Waals surface area contributed by atoms with Gasteiger partial charge in [-0.25, -0.2) is 4.39 Å². The number of aryl methyl sites for hydroxylation is 1. The molecule has 0 radical (unpaired) electrons. The molecule has 0 spiro atoms. The van der Waals surface area contributed by atoms with E-state index in [1.54, 1.807) is 6.07 Å². The molecule has 0 bridgehead atoms. The molecular formula is C21H28FN. The van der Waals surface area contributed by atoms with Crippen molar-refractivity contribution >= 4 is 0 Å². The molecule has 0 unspecified atom stereocenters. The number of nitriles is 1. The second-order valence-corrected chi connectivity index (χ2v) is 6.92. The van der Waals surface area contributed by atoms with Gasteiger partial charge in [-0.3, -0.25) is 0 Å². The lowest BCUT2D eigenvalue weighted by Crippen LogP contribution is -2.15. The van der Waals surface area contributed by atoms with E-state index in [-0.39, 0.29) is 11.4 Å². The number of rotatable bonds is 8. The Hall–Kier alpha value is -1.62. The lowest BCUT2D eigenvalue weighted by atomic mass is 9.78. The molecule has 1 aromatic carbocycles. The molecule has 1 aromatic rings. The van der Waals surface area contributed by atoms with Crippen LogP contribution < -0.4 is 0 Å². The Morgan fingerprint density at radius 3 is 2.43 bits per heavy atom. The highest BCUT2D eigenvalue weighted by Gasteiger charge is 2.20. The van der Waals surface area contributed by atoms with Crippen LogP contribution in [0, 0.1) is 29.0 Å². The molecule has 0 aliphatic heterocycles. The van der Waals surface area contributed by atoms with Crippen molar-refractivity contribution < 1.29 is 4.39 Å². The monoisotopic (exact) mass is 313 g/mol. The van der Waals surface area contributed by atoms with E-state index in [1.165, 1.54) is 51.0 Å². The third kappa shape index (κ3) is 5.82. The van der Waals surface area contributed by atoms with Crippen molar-refractivity contribution in [3.05, 3.63) is 47.8 Å². The predicted octanol–water partition coefficient (Wildman–Crippen LogP) is 6.18. The van der Waals surface area contributed by atoms with Crippen molar-refractivity contribution in [2.45, 2.75) is 64.2 Å². The predicted molar refractivity (Wildman–Crippen MR) is 93.5 cm³/mol. The first-order chi connectivity index (χ1) is 11.2. The normalized spacial score (nSPS) is 20.9. The van der Waals surface area contributed by atoms with E-state index in [4.69, 9.17) is 5.26 Å². The molecular weight excluding hydrogens is 285 g/mol. The molecule has 124 valence electrons. The lowest BCUT2D eigenvalue weighted by molar-refractivity contribution is 0.249. The van der Waals surface area contributed by atoms with Gasteiger partial charge in [0.2, 0.25) is 0 Å². The Morgan fingerprint density at radius 2 is 1.83 bits per heavy atom. The van der Waals surface area contributed by atoms with Gasteiger partial charge in [0.15, 0.2) is 0 Å². The number of allylic oxidation sites excluding steroid dienone is 1. The minimum absolute atomic E-state index is 0.144. The van der Waals surface area contributed by atoms with Crippen LogP contribution in [0.2, 0.25) is 0 Å². The van der Waals surface area contributed by atoms with E-state index in [9.17, 15) is 4.39 Å². The fraction of sp³-hybridized carbons (Fsp3) is 0.571. The number of nitrogens with zero attached hydrogens (tertiary/aromatic N) is 1. The van der Waals surface area contributed by atoms with Gasteiger partial charge in [-0.2, -0.15) is 5.26 Å². The highest BCUT2D eigenvalue weighted by Crippen LogP contribution is 2.34. The van der Waals surface area contributed by atoms with Gasteiger partial charge in [0.05, 0.1) is 5.56 Å². The quantitative estimate of drug-likeness (QED) is 0.415. The van der Waals surface area contributed by atoms with Crippen LogP contribution in [0.5, 0.6) is 0 Å². The molecule has 2 heteroatoms. The summed E-state index contributed by atoms with van der Waals surface area (Å²) < 4.78 is 13.6. The first-order valence-corrected chi connectivity index (χ1v) is 9.02. The number of hydrogen-bond acceptors (Lipinski definition) is 1. The highest BCUT2D eigenvalue weighted by molar-refractivity contribution is 5.33. The molecule has 0 N–H and O–H groups in total. The number of unbranched alkanes of at least 4 members (excludes halogenated alkanes) is 2. The van der Waals surface area contributed by atoms with Crippen LogP contribution in [0.3, 0.4) is 0 Å². The van der Waals surface area contributed by atoms with Gasteiger partial charge in [0.25, 0.3) is 0 Å². The summed E-state index contributed by atoms with van der Waals surface area (Å²) in [5, 5.41) is 8.76. The smallest absolute Gasteiger partial charge is 0.141 e. The lowest BCUT2D eigenvalue weighted by Gasteiger charge is -2.28. The van der Waals surface area contributed by atoms with E-state index >= 15 is 0 Å². The van der Waals surface area contributed by atoms with Gasteiger partial charge in [-0.05, 0) is 55.2 Å². The molecule has 1 saturated carbocycles. The van der Waals surface area contributed by atoms with Crippen molar-refractivity contribution in [3.63, 3.8) is 0 Å². The van der Waals surface area contributed by atoms with Crippen LogP contribution in [0.4, 0.5) is 4.39 Å². The largest absolute Gasteiger partial charge is 0.206 e. The molecule has 1 fully saturated rings. The zero-order chi connectivity index (χ0) is 16.5. The van der Waals surface area contributed by atoms with Gasteiger partial charge >= 0.3 is 0 Å². The second-order valence-electron chi connectivity index (χ2n) is 6.92. The molecule has 1 aliphatic rings. The maximum absolute atomic E-state index is 13.6. The van der Waals surface area contributed by atoms with E-state index in [2.05, 4.69) is 6.58 Å². The summed E-state index contributed by atoms with van der Waals surface area (Å²) in [6, 6.07) is 6.91. The maximum Gasteiger partial charge on any atom is 0.141 e. The van der Waals surface area contributed by atoms with Gasteiger partial charge in [0.1, 0.15) is 11.9 Å². The van der Waals surface area contributed by atoms with E-state index < -0.39 is 0 Å². The number of halogens is 1. The second kappa shape index (κ2) is 9.50. The molecule has 0 aromatic heterocycles. The first kappa shape index (κ1) is 17.7. The molecule has 0 amide bonds. The zero-order valence-corrected chi connectivity index (χ0v) is 14.1.